The molecule has 0 N–H and O–H groups in total. The zero-order valence-corrected chi connectivity index (χ0v) is 11.6. The molecule has 0 aliphatic carbocycles. The van der Waals surface area contributed by atoms with Gasteiger partial charge in [-0.3, -0.25) is 0 Å². The molecular formula is C13H12Cl2N2O. The highest BCUT2D eigenvalue weighted by Gasteiger charge is 2.17. The van der Waals surface area contributed by atoms with E-state index in [0.29, 0.717) is 28.9 Å². The van der Waals surface area contributed by atoms with Crippen LogP contribution in [0, 0.1) is 18.3 Å². The van der Waals surface area contributed by atoms with Crippen molar-refractivity contribution < 1.29 is 4.74 Å². The lowest BCUT2D eigenvalue weighted by Crippen LogP contribution is -2.04. The summed E-state index contributed by atoms with van der Waals surface area (Å²) in [6.45, 7) is 3.04. The van der Waals surface area contributed by atoms with E-state index in [1.807, 2.05) is 17.6 Å². The van der Waals surface area contributed by atoms with Crippen LogP contribution in [0.5, 0.6) is 0 Å². The monoisotopic (exact) mass is 282 g/mol. The van der Waals surface area contributed by atoms with Crippen LogP contribution in [0.15, 0.2) is 12.1 Å². The van der Waals surface area contributed by atoms with Crippen molar-refractivity contribution >= 4 is 34.1 Å². The highest BCUT2D eigenvalue weighted by molar-refractivity contribution is 6.34. The Morgan fingerprint density at radius 3 is 2.72 bits per heavy atom. The average Bonchev–Trinajstić information content (AvgIpc) is 2.64. The quantitative estimate of drug-likeness (QED) is 0.859. The number of benzene rings is 1. The number of rotatable bonds is 3. The number of hydrogen-bond donors (Lipinski definition) is 0. The molecule has 5 heteroatoms. The maximum absolute atomic E-state index is 9.20. The van der Waals surface area contributed by atoms with E-state index in [1.165, 1.54) is 0 Å². The number of fused-ring (bicyclic) bond motifs is 1. The van der Waals surface area contributed by atoms with Crippen molar-refractivity contribution in [1.29, 1.82) is 5.26 Å². The third kappa shape index (κ3) is 1.97. The van der Waals surface area contributed by atoms with E-state index in [0.717, 1.165) is 16.5 Å². The van der Waals surface area contributed by atoms with Gasteiger partial charge in [-0.05, 0) is 24.6 Å². The summed E-state index contributed by atoms with van der Waals surface area (Å²) in [5.41, 5.74) is 2.32. The van der Waals surface area contributed by atoms with Crippen molar-refractivity contribution in [2.45, 2.75) is 13.5 Å². The third-order valence-corrected chi connectivity index (χ3v) is 3.78. The SMILES string of the molecule is COCCn1c(Cl)c(C#N)c2ccc(Cl)c(C)c21. The van der Waals surface area contributed by atoms with Crippen LogP contribution < -0.4 is 0 Å². The first-order valence-electron chi connectivity index (χ1n) is 5.47. The number of aryl methyl sites for hydroxylation is 1. The van der Waals surface area contributed by atoms with Crippen LogP contribution in [0.4, 0.5) is 0 Å². The summed E-state index contributed by atoms with van der Waals surface area (Å²) < 4.78 is 6.94. The Bertz CT molecular complexity index is 641. The van der Waals surface area contributed by atoms with Crippen molar-refractivity contribution in [3.05, 3.63) is 33.4 Å². The normalized spacial score (nSPS) is 10.8. The Kier molecular flexibility index (Phi) is 3.82. The van der Waals surface area contributed by atoms with Gasteiger partial charge in [0.15, 0.2) is 0 Å². The zero-order chi connectivity index (χ0) is 13.3. The molecule has 0 radical (unpaired) electrons. The highest BCUT2D eigenvalue weighted by Crippen LogP contribution is 2.34. The van der Waals surface area contributed by atoms with E-state index in [2.05, 4.69) is 6.07 Å². The number of methoxy groups -OCH3 is 1. The van der Waals surface area contributed by atoms with Gasteiger partial charge in [0.25, 0.3) is 0 Å². The van der Waals surface area contributed by atoms with Crippen LogP contribution in [0.1, 0.15) is 11.1 Å². The summed E-state index contributed by atoms with van der Waals surface area (Å²) in [7, 11) is 1.63. The fraction of sp³-hybridized carbons (Fsp3) is 0.308. The minimum atomic E-state index is 0.440. The molecule has 0 saturated heterocycles. The minimum absolute atomic E-state index is 0.440. The van der Waals surface area contributed by atoms with Gasteiger partial charge >= 0.3 is 0 Å². The maximum atomic E-state index is 9.20. The van der Waals surface area contributed by atoms with Gasteiger partial charge < -0.3 is 9.30 Å². The first-order valence-corrected chi connectivity index (χ1v) is 6.23. The number of nitriles is 1. The highest BCUT2D eigenvalue weighted by atomic mass is 35.5. The Morgan fingerprint density at radius 1 is 1.39 bits per heavy atom. The number of halogens is 2. The van der Waals surface area contributed by atoms with E-state index in [1.54, 1.807) is 13.2 Å². The summed E-state index contributed by atoms with van der Waals surface area (Å²) >= 11 is 12.4. The van der Waals surface area contributed by atoms with Crippen LogP contribution >= 0.6 is 23.2 Å². The molecule has 94 valence electrons. The average molecular weight is 283 g/mol. The first-order chi connectivity index (χ1) is 8.61. The molecule has 0 saturated carbocycles. The summed E-state index contributed by atoms with van der Waals surface area (Å²) in [6.07, 6.45) is 0. The molecule has 1 heterocycles. The molecular weight excluding hydrogens is 271 g/mol. The van der Waals surface area contributed by atoms with E-state index in [4.69, 9.17) is 27.9 Å². The standard InChI is InChI=1S/C13H12Cl2N2O/c1-8-11(14)4-3-9-10(7-16)13(15)17(12(8)9)5-6-18-2/h3-4H,5-6H2,1-2H3. The van der Waals surface area contributed by atoms with Crippen LogP contribution in [0.3, 0.4) is 0 Å². The van der Waals surface area contributed by atoms with Crippen molar-refractivity contribution in [2.75, 3.05) is 13.7 Å². The molecule has 0 spiro atoms. The van der Waals surface area contributed by atoms with Crippen LogP contribution in [-0.2, 0) is 11.3 Å². The largest absolute Gasteiger partial charge is 0.383 e. The fourth-order valence-electron chi connectivity index (χ4n) is 2.07. The summed E-state index contributed by atoms with van der Waals surface area (Å²) in [4.78, 5) is 0. The third-order valence-electron chi connectivity index (χ3n) is 2.98. The summed E-state index contributed by atoms with van der Waals surface area (Å²) in [5.74, 6) is 0. The van der Waals surface area contributed by atoms with Crippen molar-refractivity contribution in [2.24, 2.45) is 0 Å². The van der Waals surface area contributed by atoms with Gasteiger partial charge in [-0.2, -0.15) is 5.26 Å². The molecule has 0 unspecified atom stereocenters. The number of ether oxygens (including phenoxy) is 1. The Balaban J connectivity index is 2.79. The van der Waals surface area contributed by atoms with Gasteiger partial charge in [0.1, 0.15) is 11.2 Å². The molecule has 0 fully saturated rings. The molecule has 0 amide bonds. The number of aromatic nitrogens is 1. The van der Waals surface area contributed by atoms with E-state index >= 15 is 0 Å². The molecule has 2 aromatic rings. The molecule has 3 nitrogen and oxygen atoms in total. The summed E-state index contributed by atoms with van der Waals surface area (Å²) in [6, 6.07) is 5.77. The molecule has 1 aromatic heterocycles. The van der Waals surface area contributed by atoms with Gasteiger partial charge in [-0.15, -0.1) is 0 Å². The first kappa shape index (κ1) is 13.2. The minimum Gasteiger partial charge on any atom is -0.383 e. The molecule has 0 aliphatic rings. The predicted molar refractivity (Wildman–Crippen MR) is 73.3 cm³/mol. The van der Waals surface area contributed by atoms with Gasteiger partial charge in [-0.1, -0.05) is 23.2 Å². The number of hydrogen-bond acceptors (Lipinski definition) is 2. The fourth-order valence-corrected chi connectivity index (χ4v) is 2.53. The smallest absolute Gasteiger partial charge is 0.128 e. The molecule has 1 aromatic carbocycles. The summed E-state index contributed by atoms with van der Waals surface area (Å²) in [5, 5.41) is 11.1. The second kappa shape index (κ2) is 5.19. The Morgan fingerprint density at radius 2 is 2.11 bits per heavy atom. The van der Waals surface area contributed by atoms with Crippen LogP contribution in [-0.4, -0.2) is 18.3 Å². The van der Waals surface area contributed by atoms with Crippen molar-refractivity contribution in [3.8, 4) is 6.07 Å². The molecule has 0 bridgehead atoms. The lowest BCUT2D eigenvalue weighted by molar-refractivity contribution is 0.188. The van der Waals surface area contributed by atoms with E-state index < -0.39 is 0 Å². The second-order valence-electron chi connectivity index (χ2n) is 3.99. The van der Waals surface area contributed by atoms with Gasteiger partial charge in [0.2, 0.25) is 0 Å². The predicted octanol–water partition coefficient (Wildman–Crippen LogP) is 3.77. The number of nitrogens with zero attached hydrogens (tertiary/aromatic N) is 2. The van der Waals surface area contributed by atoms with Gasteiger partial charge in [0, 0.05) is 24.1 Å². The molecule has 18 heavy (non-hydrogen) atoms. The second-order valence-corrected chi connectivity index (χ2v) is 4.76. The maximum Gasteiger partial charge on any atom is 0.128 e. The molecule has 0 atom stereocenters. The van der Waals surface area contributed by atoms with Crippen LogP contribution in [0.2, 0.25) is 10.2 Å². The lowest BCUT2D eigenvalue weighted by atomic mass is 10.1. The van der Waals surface area contributed by atoms with Crippen molar-refractivity contribution in [1.82, 2.24) is 4.57 Å². The topological polar surface area (TPSA) is 38.0 Å². The molecule has 2 rings (SSSR count). The van der Waals surface area contributed by atoms with E-state index in [9.17, 15) is 5.26 Å². The Hall–Kier alpha value is -1.21. The van der Waals surface area contributed by atoms with Gasteiger partial charge in [0.05, 0.1) is 17.7 Å². The Labute approximate surface area is 115 Å². The van der Waals surface area contributed by atoms with E-state index in [-0.39, 0.29) is 0 Å². The van der Waals surface area contributed by atoms with Gasteiger partial charge in [-0.25, -0.2) is 0 Å². The lowest BCUT2D eigenvalue weighted by Gasteiger charge is -2.08. The van der Waals surface area contributed by atoms with Crippen LogP contribution in [0.25, 0.3) is 10.9 Å². The molecule has 0 aliphatic heterocycles. The van der Waals surface area contributed by atoms with Crippen molar-refractivity contribution in [3.63, 3.8) is 0 Å². The zero-order valence-electron chi connectivity index (χ0n) is 10.1.